The first kappa shape index (κ1) is 16.5. The van der Waals surface area contributed by atoms with Crippen LogP contribution in [0.25, 0.3) is 0 Å². The van der Waals surface area contributed by atoms with Crippen LogP contribution in [0.3, 0.4) is 0 Å². The van der Waals surface area contributed by atoms with Gasteiger partial charge in [-0.1, -0.05) is 54.6 Å². The lowest BCUT2D eigenvalue weighted by molar-refractivity contribution is -0.0442. The average Bonchev–Trinajstić information content (AvgIpc) is 3.30. The second-order valence-corrected chi connectivity index (χ2v) is 8.54. The SMILES string of the molecule is c1ccc(C2COC3(CCN(CC4CCc5ccccc54)CC3)C2)cc1. The predicted octanol–water partition coefficient (Wildman–Crippen LogP) is 4.76. The molecule has 0 aromatic heterocycles. The van der Waals surface area contributed by atoms with Crippen molar-refractivity contribution in [2.45, 2.75) is 49.5 Å². The van der Waals surface area contributed by atoms with Crippen molar-refractivity contribution >= 4 is 0 Å². The highest BCUT2D eigenvalue weighted by atomic mass is 16.5. The van der Waals surface area contributed by atoms with Crippen molar-refractivity contribution in [3.63, 3.8) is 0 Å². The molecular formula is C24H29NO. The fourth-order valence-electron chi connectivity index (χ4n) is 5.42. The fraction of sp³-hybridized carbons (Fsp3) is 0.500. The summed E-state index contributed by atoms with van der Waals surface area (Å²) in [5.41, 5.74) is 4.78. The summed E-state index contributed by atoms with van der Waals surface area (Å²) in [6.07, 6.45) is 6.20. The lowest BCUT2D eigenvalue weighted by atomic mass is 9.83. The Morgan fingerprint density at radius 1 is 0.962 bits per heavy atom. The molecule has 0 N–H and O–H groups in total. The molecule has 2 unspecified atom stereocenters. The van der Waals surface area contributed by atoms with E-state index >= 15 is 0 Å². The first-order chi connectivity index (χ1) is 12.8. The maximum Gasteiger partial charge on any atom is 0.0713 e. The highest BCUT2D eigenvalue weighted by molar-refractivity contribution is 5.35. The van der Waals surface area contributed by atoms with Gasteiger partial charge in [0.15, 0.2) is 0 Å². The number of hydrogen-bond acceptors (Lipinski definition) is 2. The number of aryl methyl sites for hydroxylation is 1. The van der Waals surface area contributed by atoms with Crippen molar-refractivity contribution in [1.82, 2.24) is 4.90 Å². The molecule has 0 radical (unpaired) electrons. The number of ether oxygens (including phenoxy) is 1. The topological polar surface area (TPSA) is 12.5 Å². The monoisotopic (exact) mass is 347 g/mol. The molecule has 2 aromatic carbocycles. The van der Waals surface area contributed by atoms with E-state index in [1.807, 2.05) is 0 Å². The molecule has 136 valence electrons. The van der Waals surface area contributed by atoms with E-state index in [0.29, 0.717) is 5.92 Å². The maximum atomic E-state index is 6.40. The van der Waals surface area contributed by atoms with Crippen molar-refractivity contribution in [3.8, 4) is 0 Å². The van der Waals surface area contributed by atoms with Crippen molar-refractivity contribution in [3.05, 3.63) is 71.3 Å². The lowest BCUT2D eigenvalue weighted by Crippen LogP contribution is -2.45. The number of likely N-dealkylation sites (tertiary alicyclic amines) is 1. The standard InChI is InChI=1S/C24H29NO/c1-2-6-19(7-3-1)22-16-24(26-18-22)12-14-25(15-13-24)17-21-11-10-20-8-4-5-9-23(20)21/h1-9,21-22H,10-18H2. The predicted molar refractivity (Wildman–Crippen MR) is 106 cm³/mol. The van der Waals surface area contributed by atoms with Gasteiger partial charge >= 0.3 is 0 Å². The number of nitrogens with zero attached hydrogens (tertiary/aromatic N) is 1. The first-order valence-corrected chi connectivity index (χ1v) is 10.3. The Morgan fingerprint density at radius 3 is 2.58 bits per heavy atom. The van der Waals surface area contributed by atoms with Gasteiger partial charge in [0.2, 0.25) is 0 Å². The summed E-state index contributed by atoms with van der Waals surface area (Å²) in [5.74, 6) is 1.33. The molecule has 2 fully saturated rings. The van der Waals surface area contributed by atoms with Crippen LogP contribution < -0.4 is 0 Å². The molecule has 26 heavy (non-hydrogen) atoms. The molecule has 0 saturated carbocycles. The van der Waals surface area contributed by atoms with Crippen molar-refractivity contribution in [2.24, 2.45) is 0 Å². The van der Waals surface area contributed by atoms with Crippen LogP contribution in [0, 0.1) is 0 Å². The summed E-state index contributed by atoms with van der Waals surface area (Å²) >= 11 is 0. The molecule has 2 atom stereocenters. The number of benzene rings is 2. The van der Waals surface area contributed by atoms with Gasteiger partial charge in [0.25, 0.3) is 0 Å². The third kappa shape index (κ3) is 3.10. The van der Waals surface area contributed by atoms with Crippen molar-refractivity contribution < 1.29 is 4.74 Å². The molecule has 3 aliphatic rings. The number of rotatable bonds is 3. The quantitative estimate of drug-likeness (QED) is 0.794. The van der Waals surface area contributed by atoms with E-state index in [1.54, 1.807) is 11.1 Å². The normalized spacial score (nSPS) is 27.7. The van der Waals surface area contributed by atoms with Crippen LogP contribution in [-0.4, -0.2) is 36.7 Å². The van der Waals surface area contributed by atoms with Crippen LogP contribution in [0.15, 0.2) is 54.6 Å². The summed E-state index contributed by atoms with van der Waals surface area (Å²) in [6, 6.07) is 20.0. The molecule has 2 aromatic rings. The van der Waals surface area contributed by atoms with Crippen molar-refractivity contribution in [1.29, 1.82) is 0 Å². The van der Waals surface area contributed by atoms with Gasteiger partial charge in [-0.05, 0) is 54.7 Å². The van der Waals surface area contributed by atoms with Crippen LogP contribution in [-0.2, 0) is 11.2 Å². The Morgan fingerprint density at radius 2 is 1.73 bits per heavy atom. The largest absolute Gasteiger partial charge is 0.374 e. The highest BCUT2D eigenvalue weighted by Crippen LogP contribution is 2.43. The minimum absolute atomic E-state index is 0.143. The average molecular weight is 348 g/mol. The third-order valence-corrected chi connectivity index (χ3v) is 6.98. The summed E-state index contributed by atoms with van der Waals surface area (Å²) in [7, 11) is 0. The van der Waals surface area contributed by atoms with Gasteiger partial charge < -0.3 is 9.64 Å². The van der Waals surface area contributed by atoms with E-state index in [9.17, 15) is 0 Å². The number of hydrogen-bond donors (Lipinski definition) is 0. The van der Waals surface area contributed by atoms with Crippen LogP contribution >= 0.6 is 0 Å². The fourth-order valence-corrected chi connectivity index (χ4v) is 5.42. The lowest BCUT2D eigenvalue weighted by Gasteiger charge is -2.39. The van der Waals surface area contributed by atoms with Gasteiger partial charge in [-0.15, -0.1) is 0 Å². The van der Waals surface area contributed by atoms with E-state index in [-0.39, 0.29) is 5.60 Å². The molecule has 2 heterocycles. The summed E-state index contributed by atoms with van der Waals surface area (Å²) < 4.78 is 6.40. The third-order valence-electron chi connectivity index (χ3n) is 6.98. The molecule has 2 heteroatoms. The number of piperidine rings is 1. The zero-order valence-corrected chi connectivity index (χ0v) is 15.6. The first-order valence-electron chi connectivity index (χ1n) is 10.3. The van der Waals surface area contributed by atoms with Crippen molar-refractivity contribution in [2.75, 3.05) is 26.2 Å². The van der Waals surface area contributed by atoms with Crippen LogP contribution in [0.2, 0.25) is 0 Å². The van der Waals surface area contributed by atoms with Gasteiger partial charge in [-0.3, -0.25) is 0 Å². The molecule has 0 bridgehead atoms. The Labute approximate surface area is 157 Å². The Balaban J connectivity index is 1.18. The van der Waals surface area contributed by atoms with E-state index < -0.39 is 0 Å². The Hall–Kier alpha value is -1.64. The summed E-state index contributed by atoms with van der Waals surface area (Å²) in [4.78, 5) is 2.69. The van der Waals surface area contributed by atoms with Crippen LogP contribution in [0.1, 0.15) is 54.2 Å². The summed E-state index contributed by atoms with van der Waals surface area (Å²) in [5, 5.41) is 0. The van der Waals surface area contributed by atoms with Gasteiger partial charge in [0.1, 0.15) is 0 Å². The second-order valence-electron chi connectivity index (χ2n) is 8.54. The minimum atomic E-state index is 0.143. The molecular weight excluding hydrogens is 318 g/mol. The van der Waals surface area contributed by atoms with Gasteiger partial charge in [-0.25, -0.2) is 0 Å². The van der Waals surface area contributed by atoms with E-state index in [1.165, 1.54) is 57.3 Å². The smallest absolute Gasteiger partial charge is 0.0713 e. The van der Waals surface area contributed by atoms with Gasteiger partial charge in [0, 0.05) is 25.6 Å². The maximum absolute atomic E-state index is 6.40. The number of fused-ring (bicyclic) bond motifs is 1. The van der Waals surface area contributed by atoms with E-state index in [4.69, 9.17) is 4.74 Å². The highest BCUT2D eigenvalue weighted by Gasteiger charge is 2.43. The van der Waals surface area contributed by atoms with E-state index in [0.717, 1.165) is 12.5 Å². The molecule has 1 aliphatic carbocycles. The van der Waals surface area contributed by atoms with Crippen LogP contribution in [0.5, 0.6) is 0 Å². The minimum Gasteiger partial charge on any atom is -0.374 e. The molecule has 5 rings (SSSR count). The zero-order valence-electron chi connectivity index (χ0n) is 15.6. The van der Waals surface area contributed by atoms with Gasteiger partial charge in [-0.2, -0.15) is 0 Å². The zero-order chi connectivity index (χ0) is 17.4. The van der Waals surface area contributed by atoms with Crippen LogP contribution in [0.4, 0.5) is 0 Å². The molecule has 2 saturated heterocycles. The molecule has 2 nitrogen and oxygen atoms in total. The molecule has 0 amide bonds. The molecule has 1 spiro atoms. The van der Waals surface area contributed by atoms with E-state index in [2.05, 4.69) is 59.5 Å². The summed E-state index contributed by atoms with van der Waals surface area (Å²) in [6.45, 7) is 4.52. The Bertz CT molecular complexity index is 748. The Kier molecular flexibility index (Phi) is 4.34. The molecule has 2 aliphatic heterocycles. The second kappa shape index (κ2) is 6.83. The van der Waals surface area contributed by atoms with Gasteiger partial charge in [0.05, 0.1) is 12.2 Å².